The standard InChI is InChI=1S/C18H21NO3/c1-2-7-16(13-8-4-3-5-9-13)19-17(20)14-10-6-11-15(12-14)18(21)22/h1,3-5,8-9,14-16H,6-7,10-12H2,(H,19,20)(H,21,22). The molecule has 0 heterocycles. The molecule has 1 amide bonds. The van der Waals surface area contributed by atoms with Gasteiger partial charge in [-0.15, -0.1) is 12.3 Å². The van der Waals surface area contributed by atoms with Gasteiger partial charge in [-0.05, 0) is 24.8 Å². The number of hydrogen-bond donors (Lipinski definition) is 2. The number of carbonyl (C=O) groups is 2. The van der Waals surface area contributed by atoms with Crippen LogP contribution in [0.4, 0.5) is 0 Å². The van der Waals surface area contributed by atoms with Crippen molar-refractivity contribution in [3.63, 3.8) is 0 Å². The Bertz CT molecular complexity index is 561. The molecule has 3 unspecified atom stereocenters. The smallest absolute Gasteiger partial charge is 0.306 e. The minimum atomic E-state index is -0.805. The number of rotatable bonds is 5. The molecule has 0 spiro atoms. The summed E-state index contributed by atoms with van der Waals surface area (Å²) in [5, 5.41) is 12.1. The van der Waals surface area contributed by atoms with Gasteiger partial charge in [0.2, 0.25) is 5.91 Å². The number of nitrogens with one attached hydrogen (secondary N) is 1. The third kappa shape index (κ3) is 4.11. The molecule has 0 bridgehead atoms. The van der Waals surface area contributed by atoms with Gasteiger partial charge in [0.1, 0.15) is 0 Å². The van der Waals surface area contributed by atoms with E-state index in [2.05, 4.69) is 11.2 Å². The fraction of sp³-hybridized carbons (Fsp3) is 0.444. The van der Waals surface area contributed by atoms with Crippen LogP contribution in [0.1, 0.15) is 43.7 Å². The van der Waals surface area contributed by atoms with Crippen molar-refractivity contribution in [2.45, 2.75) is 38.1 Å². The van der Waals surface area contributed by atoms with E-state index in [9.17, 15) is 9.59 Å². The Hall–Kier alpha value is -2.28. The summed E-state index contributed by atoms with van der Waals surface area (Å²) in [6.07, 6.45) is 8.42. The van der Waals surface area contributed by atoms with Crippen molar-refractivity contribution >= 4 is 11.9 Å². The minimum absolute atomic E-state index is 0.0879. The van der Waals surface area contributed by atoms with Crippen LogP contribution in [0.25, 0.3) is 0 Å². The molecule has 1 fully saturated rings. The van der Waals surface area contributed by atoms with Gasteiger partial charge in [-0.1, -0.05) is 36.8 Å². The van der Waals surface area contributed by atoms with E-state index in [0.29, 0.717) is 19.3 Å². The highest BCUT2D eigenvalue weighted by Gasteiger charge is 2.31. The summed E-state index contributed by atoms with van der Waals surface area (Å²) in [4.78, 5) is 23.6. The quantitative estimate of drug-likeness (QED) is 0.822. The fourth-order valence-electron chi connectivity index (χ4n) is 3.00. The molecule has 116 valence electrons. The third-order valence-corrected chi connectivity index (χ3v) is 4.23. The highest BCUT2D eigenvalue weighted by atomic mass is 16.4. The van der Waals surface area contributed by atoms with Crippen LogP contribution in [0.3, 0.4) is 0 Å². The lowest BCUT2D eigenvalue weighted by Gasteiger charge is -2.27. The fourth-order valence-corrected chi connectivity index (χ4v) is 3.00. The Kier molecular flexibility index (Phi) is 5.60. The first-order valence-electron chi connectivity index (χ1n) is 7.63. The lowest BCUT2D eigenvalue weighted by atomic mass is 9.81. The topological polar surface area (TPSA) is 66.4 Å². The molecule has 1 aromatic carbocycles. The second-order valence-electron chi connectivity index (χ2n) is 5.78. The number of hydrogen-bond acceptors (Lipinski definition) is 2. The summed E-state index contributed by atoms with van der Waals surface area (Å²) < 4.78 is 0. The molecule has 22 heavy (non-hydrogen) atoms. The molecule has 2 N–H and O–H groups in total. The number of aliphatic carboxylic acids is 1. The van der Waals surface area contributed by atoms with E-state index in [1.54, 1.807) is 0 Å². The molecule has 1 saturated carbocycles. The summed E-state index contributed by atoms with van der Waals surface area (Å²) in [5.41, 5.74) is 0.972. The Morgan fingerprint density at radius 2 is 1.95 bits per heavy atom. The van der Waals surface area contributed by atoms with Gasteiger partial charge in [-0.2, -0.15) is 0 Å². The SMILES string of the molecule is C#CCC(NC(=O)C1CCCC(C(=O)O)C1)c1ccccc1. The average Bonchev–Trinajstić information content (AvgIpc) is 2.55. The van der Waals surface area contributed by atoms with Crippen LogP contribution in [0.15, 0.2) is 30.3 Å². The van der Waals surface area contributed by atoms with E-state index < -0.39 is 11.9 Å². The number of carbonyl (C=O) groups excluding carboxylic acids is 1. The molecule has 3 atom stereocenters. The predicted octanol–water partition coefficient (Wildman–Crippen LogP) is 2.76. The van der Waals surface area contributed by atoms with Gasteiger partial charge in [0.15, 0.2) is 0 Å². The Balaban J connectivity index is 2.02. The maximum atomic E-state index is 12.5. The molecular weight excluding hydrogens is 278 g/mol. The van der Waals surface area contributed by atoms with E-state index in [4.69, 9.17) is 11.5 Å². The van der Waals surface area contributed by atoms with Crippen molar-refractivity contribution in [1.29, 1.82) is 0 Å². The Morgan fingerprint density at radius 3 is 2.59 bits per heavy atom. The van der Waals surface area contributed by atoms with E-state index in [0.717, 1.165) is 18.4 Å². The summed E-state index contributed by atoms with van der Waals surface area (Å²) in [6, 6.07) is 9.38. The summed E-state index contributed by atoms with van der Waals surface area (Å²) in [6.45, 7) is 0. The first kappa shape index (κ1) is 16.1. The molecule has 2 rings (SSSR count). The minimum Gasteiger partial charge on any atom is -0.481 e. The first-order chi connectivity index (χ1) is 10.6. The molecule has 0 aliphatic heterocycles. The highest BCUT2D eigenvalue weighted by molar-refractivity contribution is 5.80. The molecule has 4 nitrogen and oxygen atoms in total. The average molecular weight is 299 g/mol. The van der Waals surface area contributed by atoms with Crippen molar-refractivity contribution < 1.29 is 14.7 Å². The number of carboxylic acid groups (broad SMARTS) is 1. The lowest BCUT2D eigenvalue weighted by Crippen LogP contribution is -2.37. The van der Waals surface area contributed by atoms with Gasteiger partial charge >= 0.3 is 5.97 Å². The van der Waals surface area contributed by atoms with Gasteiger partial charge in [-0.3, -0.25) is 9.59 Å². The number of amides is 1. The third-order valence-electron chi connectivity index (χ3n) is 4.23. The summed E-state index contributed by atoms with van der Waals surface area (Å²) >= 11 is 0. The van der Waals surface area contributed by atoms with E-state index >= 15 is 0 Å². The van der Waals surface area contributed by atoms with Gasteiger partial charge in [-0.25, -0.2) is 0 Å². The van der Waals surface area contributed by atoms with Crippen LogP contribution >= 0.6 is 0 Å². The van der Waals surface area contributed by atoms with Crippen LogP contribution in [0, 0.1) is 24.2 Å². The van der Waals surface area contributed by atoms with Crippen LogP contribution in [-0.2, 0) is 9.59 Å². The molecular formula is C18H21NO3. The Labute approximate surface area is 130 Å². The van der Waals surface area contributed by atoms with E-state index in [1.807, 2.05) is 30.3 Å². The van der Waals surface area contributed by atoms with Crippen LogP contribution in [0.2, 0.25) is 0 Å². The zero-order valence-electron chi connectivity index (χ0n) is 12.5. The second kappa shape index (κ2) is 7.65. The maximum absolute atomic E-state index is 12.5. The summed E-state index contributed by atoms with van der Waals surface area (Å²) in [7, 11) is 0. The van der Waals surface area contributed by atoms with Gasteiger partial charge < -0.3 is 10.4 Å². The van der Waals surface area contributed by atoms with Gasteiger partial charge in [0.05, 0.1) is 12.0 Å². The molecule has 4 heteroatoms. The van der Waals surface area contributed by atoms with Crippen LogP contribution in [-0.4, -0.2) is 17.0 Å². The monoisotopic (exact) mass is 299 g/mol. The number of terminal acetylenes is 1. The number of carboxylic acids is 1. The second-order valence-corrected chi connectivity index (χ2v) is 5.78. The van der Waals surface area contributed by atoms with Gasteiger partial charge in [0.25, 0.3) is 0 Å². The normalized spacial score (nSPS) is 22.3. The van der Waals surface area contributed by atoms with Crippen molar-refractivity contribution in [1.82, 2.24) is 5.32 Å². The molecule has 0 saturated heterocycles. The van der Waals surface area contributed by atoms with E-state index in [1.165, 1.54) is 0 Å². The van der Waals surface area contributed by atoms with Crippen molar-refractivity contribution in [3.05, 3.63) is 35.9 Å². The van der Waals surface area contributed by atoms with E-state index in [-0.39, 0.29) is 17.9 Å². The molecule has 0 radical (unpaired) electrons. The molecule has 1 aromatic rings. The summed E-state index contributed by atoms with van der Waals surface area (Å²) in [5.74, 6) is 1.05. The molecule has 1 aliphatic carbocycles. The highest BCUT2D eigenvalue weighted by Crippen LogP contribution is 2.30. The van der Waals surface area contributed by atoms with Crippen LogP contribution in [0.5, 0.6) is 0 Å². The van der Waals surface area contributed by atoms with Gasteiger partial charge in [0, 0.05) is 12.3 Å². The Morgan fingerprint density at radius 1 is 1.27 bits per heavy atom. The first-order valence-corrected chi connectivity index (χ1v) is 7.63. The van der Waals surface area contributed by atoms with Crippen LogP contribution < -0.4 is 5.32 Å². The zero-order chi connectivity index (χ0) is 15.9. The zero-order valence-corrected chi connectivity index (χ0v) is 12.5. The maximum Gasteiger partial charge on any atom is 0.306 e. The lowest BCUT2D eigenvalue weighted by molar-refractivity contribution is -0.144. The number of benzene rings is 1. The van der Waals surface area contributed by atoms with Crippen molar-refractivity contribution in [2.75, 3.05) is 0 Å². The molecule has 0 aromatic heterocycles. The molecule has 1 aliphatic rings. The van der Waals surface area contributed by atoms with Crippen molar-refractivity contribution in [3.8, 4) is 12.3 Å². The largest absolute Gasteiger partial charge is 0.481 e. The van der Waals surface area contributed by atoms with Crippen molar-refractivity contribution in [2.24, 2.45) is 11.8 Å². The predicted molar refractivity (Wildman–Crippen MR) is 83.9 cm³/mol.